The zero-order chi connectivity index (χ0) is 20.9. The van der Waals surface area contributed by atoms with Crippen molar-refractivity contribution in [2.45, 2.75) is 0 Å². The molecule has 4 aromatic rings. The Balaban J connectivity index is 1.69. The van der Waals surface area contributed by atoms with E-state index < -0.39 is 10.6 Å². The normalized spacial score (nSPS) is 10.9. The van der Waals surface area contributed by atoms with E-state index in [2.05, 4.69) is 25.6 Å². The number of nitrogens with one attached hydrogen (secondary N) is 1. The highest BCUT2D eigenvalue weighted by atomic mass is 16.6. The number of hydrogen-bond acceptors (Lipinski definition) is 8. The summed E-state index contributed by atoms with van der Waals surface area (Å²) < 4.78 is 1.74. The Morgan fingerprint density at radius 2 is 1.77 bits per heavy atom. The molecular weight excluding hydrogens is 384 g/mol. The average molecular weight is 400 g/mol. The van der Waals surface area contributed by atoms with Gasteiger partial charge in [0.15, 0.2) is 0 Å². The number of aromatic nitrogens is 4. The number of nitrogen functional groups attached to an aromatic ring is 1. The number of para-hydroxylation sites is 1. The van der Waals surface area contributed by atoms with E-state index in [9.17, 15) is 10.1 Å². The second kappa shape index (κ2) is 8.19. The Hall–Kier alpha value is -4.60. The third kappa shape index (κ3) is 3.83. The Morgan fingerprint density at radius 1 is 1.07 bits per heavy atom. The second-order valence-corrected chi connectivity index (χ2v) is 6.16. The van der Waals surface area contributed by atoms with Gasteiger partial charge >= 0.3 is 5.69 Å². The smallest absolute Gasteiger partial charge is 0.354 e. The Morgan fingerprint density at radius 3 is 2.47 bits per heavy atom. The van der Waals surface area contributed by atoms with E-state index >= 15 is 0 Å². The molecular formula is C20H16N8O2. The molecule has 0 fully saturated rings. The van der Waals surface area contributed by atoms with Crippen LogP contribution in [0, 0.1) is 10.1 Å². The number of nitrogens with zero attached hydrogens (tertiary/aromatic N) is 6. The largest absolute Gasteiger partial charge is 0.378 e. The molecule has 2 heterocycles. The average Bonchev–Trinajstić information content (AvgIpc) is 3.19. The zero-order valence-corrected chi connectivity index (χ0v) is 15.6. The highest BCUT2D eigenvalue weighted by Gasteiger charge is 2.20. The Bertz CT molecular complexity index is 1210. The number of rotatable bonds is 6. The summed E-state index contributed by atoms with van der Waals surface area (Å²) in [6.07, 6.45) is 4.48. The first kappa shape index (κ1) is 18.7. The standard InChI is InChI=1S/C20H16N8O2/c21-19-18(28(29)30)20(23-13-22-19)25-24-11-15-12-27(16-9-5-2-6-10-16)26-17(15)14-7-3-1-4-8-14/h1-13H,(H3,21,22,23,25)/b24-11+. The van der Waals surface area contributed by atoms with Crippen molar-refractivity contribution in [3.05, 3.63) is 88.9 Å². The lowest BCUT2D eigenvalue weighted by atomic mass is 10.1. The molecule has 2 aromatic carbocycles. The summed E-state index contributed by atoms with van der Waals surface area (Å²) in [5.41, 5.74) is 10.9. The van der Waals surface area contributed by atoms with Crippen molar-refractivity contribution in [1.82, 2.24) is 19.7 Å². The predicted octanol–water partition coefficient (Wildman–Crippen LogP) is 3.27. The summed E-state index contributed by atoms with van der Waals surface area (Å²) >= 11 is 0. The molecule has 3 N–H and O–H groups in total. The van der Waals surface area contributed by atoms with Gasteiger partial charge in [0.2, 0.25) is 11.6 Å². The summed E-state index contributed by atoms with van der Waals surface area (Å²) in [4.78, 5) is 18.0. The van der Waals surface area contributed by atoms with Crippen LogP contribution in [0.3, 0.4) is 0 Å². The Labute approximate surface area is 170 Å². The summed E-state index contributed by atoms with van der Waals surface area (Å²) in [6, 6.07) is 19.3. The number of nitro groups is 1. The van der Waals surface area contributed by atoms with Crippen LogP contribution in [0.1, 0.15) is 5.56 Å². The van der Waals surface area contributed by atoms with Crippen LogP contribution in [-0.4, -0.2) is 30.9 Å². The molecule has 2 aromatic heterocycles. The van der Waals surface area contributed by atoms with Crippen LogP contribution >= 0.6 is 0 Å². The van der Waals surface area contributed by atoms with Gasteiger partial charge in [-0.1, -0.05) is 48.5 Å². The molecule has 0 unspecified atom stereocenters. The number of nitrogens with two attached hydrogens (primary N) is 1. The quantitative estimate of drug-likeness (QED) is 0.288. The third-order valence-corrected chi connectivity index (χ3v) is 4.22. The van der Waals surface area contributed by atoms with Crippen LogP contribution in [-0.2, 0) is 0 Å². The molecule has 30 heavy (non-hydrogen) atoms. The first-order chi connectivity index (χ1) is 14.6. The lowest BCUT2D eigenvalue weighted by molar-refractivity contribution is -0.383. The Kier molecular flexibility index (Phi) is 5.12. The molecule has 0 spiro atoms. The van der Waals surface area contributed by atoms with Gasteiger partial charge < -0.3 is 5.73 Å². The molecule has 10 heteroatoms. The monoisotopic (exact) mass is 400 g/mol. The van der Waals surface area contributed by atoms with Gasteiger partial charge in [0, 0.05) is 17.3 Å². The number of anilines is 2. The molecule has 0 amide bonds. The third-order valence-electron chi connectivity index (χ3n) is 4.22. The summed E-state index contributed by atoms with van der Waals surface area (Å²) in [6.45, 7) is 0. The minimum absolute atomic E-state index is 0.0968. The molecule has 0 saturated heterocycles. The molecule has 0 radical (unpaired) electrons. The van der Waals surface area contributed by atoms with Gasteiger partial charge in [-0.05, 0) is 12.1 Å². The van der Waals surface area contributed by atoms with Crippen molar-refractivity contribution in [3.8, 4) is 16.9 Å². The fourth-order valence-electron chi connectivity index (χ4n) is 2.83. The fraction of sp³-hybridized carbons (Fsp3) is 0. The SMILES string of the molecule is Nc1ncnc(N/N=C/c2cn(-c3ccccc3)nc2-c2ccccc2)c1[N+](=O)[O-]. The maximum Gasteiger partial charge on any atom is 0.354 e. The van der Waals surface area contributed by atoms with Gasteiger partial charge in [-0.25, -0.2) is 14.6 Å². The van der Waals surface area contributed by atoms with Crippen LogP contribution < -0.4 is 11.2 Å². The summed E-state index contributed by atoms with van der Waals surface area (Å²) in [5, 5.41) is 20.0. The minimum Gasteiger partial charge on any atom is -0.378 e. The molecule has 0 aliphatic heterocycles. The van der Waals surface area contributed by atoms with Crippen LogP contribution in [0.5, 0.6) is 0 Å². The second-order valence-electron chi connectivity index (χ2n) is 6.16. The van der Waals surface area contributed by atoms with Crippen LogP contribution in [0.25, 0.3) is 16.9 Å². The van der Waals surface area contributed by atoms with Crippen molar-refractivity contribution >= 4 is 23.5 Å². The van der Waals surface area contributed by atoms with Crippen molar-refractivity contribution < 1.29 is 4.92 Å². The zero-order valence-electron chi connectivity index (χ0n) is 15.6. The van der Waals surface area contributed by atoms with Gasteiger partial charge in [-0.15, -0.1) is 0 Å². The topological polar surface area (TPSA) is 137 Å². The molecule has 0 atom stereocenters. The van der Waals surface area contributed by atoms with Crippen LogP contribution in [0.4, 0.5) is 17.3 Å². The number of benzene rings is 2. The number of hydrogen-bond donors (Lipinski definition) is 2. The highest BCUT2D eigenvalue weighted by molar-refractivity contribution is 5.89. The lowest BCUT2D eigenvalue weighted by Gasteiger charge is -2.02. The predicted molar refractivity (Wildman–Crippen MR) is 113 cm³/mol. The minimum atomic E-state index is -0.657. The molecule has 10 nitrogen and oxygen atoms in total. The fourth-order valence-corrected chi connectivity index (χ4v) is 2.83. The van der Waals surface area contributed by atoms with Gasteiger partial charge in [-0.3, -0.25) is 15.5 Å². The van der Waals surface area contributed by atoms with Crippen molar-refractivity contribution in [2.24, 2.45) is 5.10 Å². The first-order valence-electron chi connectivity index (χ1n) is 8.88. The van der Waals surface area contributed by atoms with Crippen molar-refractivity contribution in [1.29, 1.82) is 0 Å². The van der Waals surface area contributed by atoms with E-state index in [4.69, 9.17) is 5.73 Å². The molecule has 0 bridgehead atoms. The van der Waals surface area contributed by atoms with Crippen molar-refractivity contribution in [2.75, 3.05) is 11.2 Å². The van der Waals surface area contributed by atoms with E-state index in [-0.39, 0.29) is 11.6 Å². The summed E-state index contributed by atoms with van der Waals surface area (Å²) in [5.74, 6) is -0.338. The number of hydrazone groups is 1. The van der Waals surface area contributed by atoms with E-state index in [1.807, 2.05) is 66.9 Å². The van der Waals surface area contributed by atoms with Gasteiger partial charge in [0.1, 0.15) is 12.0 Å². The van der Waals surface area contributed by atoms with Gasteiger partial charge in [0.25, 0.3) is 0 Å². The first-order valence-corrected chi connectivity index (χ1v) is 8.88. The van der Waals surface area contributed by atoms with E-state index in [0.29, 0.717) is 11.3 Å². The molecule has 0 aliphatic rings. The van der Waals surface area contributed by atoms with Gasteiger partial charge in [0.05, 0.1) is 16.8 Å². The molecule has 0 saturated carbocycles. The van der Waals surface area contributed by atoms with E-state index in [1.54, 1.807) is 4.68 Å². The van der Waals surface area contributed by atoms with Gasteiger partial charge in [-0.2, -0.15) is 10.2 Å². The van der Waals surface area contributed by atoms with Crippen molar-refractivity contribution in [3.63, 3.8) is 0 Å². The molecule has 4 rings (SSSR count). The van der Waals surface area contributed by atoms with E-state index in [0.717, 1.165) is 17.6 Å². The molecule has 148 valence electrons. The van der Waals surface area contributed by atoms with E-state index in [1.165, 1.54) is 6.21 Å². The van der Waals surface area contributed by atoms with Crippen LogP contribution in [0.2, 0.25) is 0 Å². The maximum atomic E-state index is 11.2. The molecule has 0 aliphatic carbocycles. The van der Waals surface area contributed by atoms with Crippen LogP contribution in [0.15, 0.2) is 78.3 Å². The highest BCUT2D eigenvalue weighted by Crippen LogP contribution is 2.26. The summed E-state index contributed by atoms with van der Waals surface area (Å²) in [7, 11) is 0. The lowest BCUT2D eigenvalue weighted by Crippen LogP contribution is -2.04. The maximum absolute atomic E-state index is 11.2.